The Morgan fingerprint density at radius 3 is 1.73 bits per heavy atom. The number of rotatable bonds is 6. The first kappa shape index (κ1) is 16.9. The van der Waals surface area contributed by atoms with Crippen LogP contribution in [-0.4, -0.2) is 19.6 Å². The van der Waals surface area contributed by atoms with Crippen LogP contribution in [0.5, 0.6) is 0 Å². The summed E-state index contributed by atoms with van der Waals surface area (Å²) in [5.41, 5.74) is 3.98. The molecule has 2 heteroatoms. The molecule has 26 heavy (non-hydrogen) atoms. The standard InChI is InChI=1S/C24H26N2/c1-4-10-20(11-5-1)16-21-17-25-18-22(21)19-26(23-12-6-2-7-13-23)24-14-8-3-9-15-24/h1-15,21-22,25H,16-19H2/t21-,22+/m0/s1. The Labute approximate surface area is 156 Å². The molecule has 0 aromatic heterocycles. The van der Waals surface area contributed by atoms with Crippen molar-refractivity contribution in [2.45, 2.75) is 6.42 Å². The summed E-state index contributed by atoms with van der Waals surface area (Å²) in [4.78, 5) is 2.47. The molecule has 2 atom stereocenters. The highest BCUT2D eigenvalue weighted by Gasteiger charge is 2.29. The molecule has 0 bridgehead atoms. The zero-order valence-corrected chi connectivity index (χ0v) is 15.1. The van der Waals surface area contributed by atoms with Crippen molar-refractivity contribution in [2.24, 2.45) is 11.8 Å². The van der Waals surface area contributed by atoms with E-state index in [1.165, 1.54) is 16.9 Å². The lowest BCUT2D eigenvalue weighted by Gasteiger charge is -2.30. The summed E-state index contributed by atoms with van der Waals surface area (Å²) in [5.74, 6) is 1.31. The molecule has 4 rings (SSSR count). The van der Waals surface area contributed by atoms with Gasteiger partial charge in [-0.2, -0.15) is 0 Å². The van der Waals surface area contributed by atoms with E-state index in [1.54, 1.807) is 0 Å². The third kappa shape index (κ3) is 3.97. The Balaban J connectivity index is 1.55. The van der Waals surface area contributed by atoms with E-state index in [0.29, 0.717) is 11.8 Å². The minimum absolute atomic E-state index is 0.635. The van der Waals surface area contributed by atoms with Crippen LogP contribution in [0.25, 0.3) is 0 Å². The van der Waals surface area contributed by atoms with Crippen LogP contribution in [0.1, 0.15) is 5.56 Å². The highest BCUT2D eigenvalue weighted by molar-refractivity contribution is 5.63. The van der Waals surface area contributed by atoms with Crippen LogP contribution in [0, 0.1) is 11.8 Å². The van der Waals surface area contributed by atoms with E-state index in [4.69, 9.17) is 0 Å². The molecular weight excluding hydrogens is 316 g/mol. The molecule has 0 spiro atoms. The Morgan fingerprint density at radius 2 is 1.15 bits per heavy atom. The van der Waals surface area contributed by atoms with Crippen molar-refractivity contribution in [3.8, 4) is 0 Å². The first-order chi connectivity index (χ1) is 12.9. The largest absolute Gasteiger partial charge is 0.341 e. The van der Waals surface area contributed by atoms with Gasteiger partial charge in [0.15, 0.2) is 0 Å². The van der Waals surface area contributed by atoms with Crippen molar-refractivity contribution in [1.82, 2.24) is 5.32 Å². The average molecular weight is 342 g/mol. The van der Waals surface area contributed by atoms with E-state index in [0.717, 1.165) is 26.1 Å². The van der Waals surface area contributed by atoms with Crippen LogP contribution < -0.4 is 10.2 Å². The molecule has 1 saturated heterocycles. The number of nitrogens with one attached hydrogen (secondary N) is 1. The van der Waals surface area contributed by atoms with E-state index in [9.17, 15) is 0 Å². The number of para-hydroxylation sites is 2. The number of hydrogen-bond acceptors (Lipinski definition) is 2. The Bertz CT molecular complexity index is 747. The third-order valence-corrected chi connectivity index (χ3v) is 5.37. The SMILES string of the molecule is c1ccc(C[C@H]2CNC[C@@H]2CN(c2ccccc2)c2ccccc2)cc1. The van der Waals surface area contributed by atoms with Gasteiger partial charge in [0.2, 0.25) is 0 Å². The van der Waals surface area contributed by atoms with Gasteiger partial charge in [0.25, 0.3) is 0 Å². The van der Waals surface area contributed by atoms with Crippen molar-refractivity contribution < 1.29 is 0 Å². The lowest BCUT2D eigenvalue weighted by atomic mass is 9.89. The molecule has 3 aromatic carbocycles. The summed E-state index contributed by atoms with van der Waals surface area (Å²) in [5, 5.41) is 3.62. The maximum Gasteiger partial charge on any atom is 0.0410 e. The Morgan fingerprint density at radius 1 is 0.654 bits per heavy atom. The first-order valence-corrected chi connectivity index (χ1v) is 9.52. The molecule has 1 N–H and O–H groups in total. The lowest BCUT2D eigenvalue weighted by molar-refractivity contribution is 0.423. The topological polar surface area (TPSA) is 15.3 Å². The maximum absolute atomic E-state index is 3.62. The summed E-state index contributed by atoms with van der Waals surface area (Å²) < 4.78 is 0. The predicted molar refractivity (Wildman–Crippen MR) is 110 cm³/mol. The number of anilines is 2. The van der Waals surface area contributed by atoms with Crippen LogP contribution in [0.15, 0.2) is 91.0 Å². The monoisotopic (exact) mass is 342 g/mol. The molecule has 0 unspecified atom stereocenters. The van der Waals surface area contributed by atoms with Crippen LogP contribution in [0.3, 0.4) is 0 Å². The van der Waals surface area contributed by atoms with Gasteiger partial charge in [-0.25, -0.2) is 0 Å². The van der Waals surface area contributed by atoms with E-state index < -0.39 is 0 Å². The van der Waals surface area contributed by atoms with Gasteiger partial charge in [-0.1, -0.05) is 66.7 Å². The van der Waals surface area contributed by atoms with Gasteiger partial charge in [0.05, 0.1) is 0 Å². The summed E-state index contributed by atoms with van der Waals surface area (Å²) in [7, 11) is 0. The molecule has 132 valence electrons. The Hall–Kier alpha value is -2.58. The van der Waals surface area contributed by atoms with Gasteiger partial charge in [-0.15, -0.1) is 0 Å². The molecule has 1 fully saturated rings. The maximum atomic E-state index is 3.62. The molecule has 0 aliphatic carbocycles. The third-order valence-electron chi connectivity index (χ3n) is 5.37. The molecule has 1 aliphatic rings. The van der Waals surface area contributed by atoms with Gasteiger partial charge in [0, 0.05) is 17.9 Å². The molecular formula is C24H26N2. The summed E-state index contributed by atoms with van der Waals surface area (Å²) >= 11 is 0. The van der Waals surface area contributed by atoms with Gasteiger partial charge in [0.1, 0.15) is 0 Å². The Kier molecular flexibility index (Phi) is 5.32. The lowest BCUT2D eigenvalue weighted by Crippen LogP contribution is -2.30. The molecule has 0 saturated carbocycles. The normalized spacial score (nSPS) is 19.4. The van der Waals surface area contributed by atoms with Crippen LogP contribution in [0.2, 0.25) is 0 Å². The van der Waals surface area contributed by atoms with Crippen molar-refractivity contribution >= 4 is 11.4 Å². The molecule has 1 heterocycles. The second-order valence-electron chi connectivity index (χ2n) is 7.15. The van der Waals surface area contributed by atoms with Gasteiger partial charge in [-0.3, -0.25) is 0 Å². The second-order valence-corrected chi connectivity index (χ2v) is 7.15. The molecule has 1 aliphatic heterocycles. The molecule has 0 radical (unpaired) electrons. The first-order valence-electron chi connectivity index (χ1n) is 9.52. The van der Waals surface area contributed by atoms with Crippen molar-refractivity contribution in [3.05, 3.63) is 96.6 Å². The number of hydrogen-bond donors (Lipinski definition) is 1. The average Bonchev–Trinajstić information content (AvgIpc) is 3.15. The fourth-order valence-electron chi connectivity index (χ4n) is 3.97. The van der Waals surface area contributed by atoms with E-state index in [-0.39, 0.29) is 0 Å². The van der Waals surface area contributed by atoms with Crippen LogP contribution in [-0.2, 0) is 6.42 Å². The van der Waals surface area contributed by atoms with Crippen molar-refractivity contribution in [1.29, 1.82) is 0 Å². The number of benzene rings is 3. The summed E-state index contributed by atoms with van der Waals surface area (Å²) in [6.45, 7) is 3.24. The quantitative estimate of drug-likeness (QED) is 0.685. The zero-order valence-electron chi connectivity index (χ0n) is 15.1. The van der Waals surface area contributed by atoms with Crippen LogP contribution in [0.4, 0.5) is 11.4 Å². The number of nitrogens with zero attached hydrogens (tertiary/aromatic N) is 1. The smallest absolute Gasteiger partial charge is 0.0410 e. The van der Waals surface area contributed by atoms with E-state index in [2.05, 4.69) is 101 Å². The fraction of sp³-hybridized carbons (Fsp3) is 0.250. The van der Waals surface area contributed by atoms with Crippen molar-refractivity contribution in [3.63, 3.8) is 0 Å². The molecule has 3 aromatic rings. The minimum atomic E-state index is 0.635. The highest BCUT2D eigenvalue weighted by Crippen LogP contribution is 2.30. The van der Waals surface area contributed by atoms with Gasteiger partial charge >= 0.3 is 0 Å². The summed E-state index contributed by atoms with van der Waals surface area (Å²) in [6, 6.07) is 32.4. The second kappa shape index (κ2) is 8.20. The zero-order chi connectivity index (χ0) is 17.6. The van der Waals surface area contributed by atoms with E-state index >= 15 is 0 Å². The van der Waals surface area contributed by atoms with Crippen molar-refractivity contribution in [2.75, 3.05) is 24.5 Å². The summed E-state index contributed by atoms with van der Waals surface area (Å²) in [6.07, 6.45) is 1.15. The van der Waals surface area contributed by atoms with E-state index in [1.807, 2.05) is 0 Å². The van der Waals surface area contributed by atoms with Gasteiger partial charge in [-0.05, 0) is 61.2 Å². The molecule has 2 nitrogen and oxygen atoms in total. The van der Waals surface area contributed by atoms with Crippen LogP contribution >= 0.6 is 0 Å². The minimum Gasteiger partial charge on any atom is -0.341 e. The molecule has 0 amide bonds. The fourth-order valence-corrected chi connectivity index (χ4v) is 3.97. The highest BCUT2D eigenvalue weighted by atomic mass is 15.1. The van der Waals surface area contributed by atoms with Gasteiger partial charge < -0.3 is 10.2 Å². The predicted octanol–water partition coefficient (Wildman–Crippen LogP) is 4.90.